The Kier molecular flexibility index (Phi) is 7.79. The summed E-state index contributed by atoms with van der Waals surface area (Å²) in [6.07, 6.45) is 6.98. The van der Waals surface area contributed by atoms with Crippen molar-refractivity contribution in [2.75, 3.05) is 32.8 Å². The summed E-state index contributed by atoms with van der Waals surface area (Å²) in [7, 11) is 0. The largest absolute Gasteiger partial charge is 0.381 e. The molecule has 0 unspecified atom stereocenters. The molecule has 1 heterocycles. The van der Waals surface area contributed by atoms with E-state index in [1.165, 1.54) is 38.0 Å². The number of likely N-dealkylation sites (tertiary alicyclic amines) is 1. The van der Waals surface area contributed by atoms with Crippen LogP contribution >= 0.6 is 0 Å². The zero-order valence-electron chi connectivity index (χ0n) is 13.2. The van der Waals surface area contributed by atoms with Gasteiger partial charge in [0, 0.05) is 19.3 Å². The van der Waals surface area contributed by atoms with Crippen molar-refractivity contribution in [1.29, 1.82) is 0 Å². The Labute approximate surface area is 129 Å². The average Bonchev–Trinajstić information content (AvgIpc) is 2.53. The van der Waals surface area contributed by atoms with Crippen molar-refractivity contribution in [1.82, 2.24) is 4.90 Å². The minimum Gasteiger partial charge on any atom is -0.381 e. The van der Waals surface area contributed by atoms with Crippen LogP contribution in [0.1, 0.15) is 37.7 Å². The molecule has 0 aliphatic carbocycles. The van der Waals surface area contributed by atoms with Gasteiger partial charge in [-0.25, -0.2) is 0 Å². The first-order chi connectivity index (χ1) is 10.3. The molecular formula is C18H30N2O. The fraction of sp³-hybridized carbons (Fsp3) is 0.667. The lowest BCUT2D eigenvalue weighted by molar-refractivity contribution is 0.123. The average molecular weight is 290 g/mol. The highest BCUT2D eigenvalue weighted by atomic mass is 16.5. The number of ether oxygens (including phenoxy) is 1. The van der Waals surface area contributed by atoms with Gasteiger partial charge in [0.15, 0.2) is 0 Å². The van der Waals surface area contributed by atoms with E-state index < -0.39 is 0 Å². The van der Waals surface area contributed by atoms with Crippen LogP contribution in [-0.4, -0.2) is 43.8 Å². The van der Waals surface area contributed by atoms with E-state index in [4.69, 9.17) is 10.5 Å². The summed E-state index contributed by atoms with van der Waals surface area (Å²) >= 11 is 0. The molecule has 0 radical (unpaired) electrons. The Hall–Kier alpha value is -0.900. The van der Waals surface area contributed by atoms with Crippen molar-refractivity contribution in [3.63, 3.8) is 0 Å². The summed E-state index contributed by atoms with van der Waals surface area (Å²) in [6.45, 7) is 5.36. The number of nitrogens with two attached hydrogens (primary N) is 1. The van der Waals surface area contributed by atoms with Gasteiger partial charge in [-0.2, -0.15) is 0 Å². The SMILES string of the molecule is NC1CCN(CCCCOCCCc2ccccc2)CC1. The van der Waals surface area contributed by atoms with E-state index in [0.717, 1.165) is 38.9 Å². The van der Waals surface area contributed by atoms with Gasteiger partial charge in [-0.05, 0) is 63.7 Å². The third-order valence-corrected chi connectivity index (χ3v) is 4.24. The van der Waals surface area contributed by atoms with Gasteiger partial charge in [0.2, 0.25) is 0 Å². The van der Waals surface area contributed by atoms with E-state index in [1.807, 2.05) is 0 Å². The maximum absolute atomic E-state index is 5.92. The first kappa shape index (κ1) is 16.5. The van der Waals surface area contributed by atoms with E-state index >= 15 is 0 Å². The lowest BCUT2D eigenvalue weighted by Gasteiger charge is -2.29. The summed E-state index contributed by atoms with van der Waals surface area (Å²) in [4.78, 5) is 2.54. The number of piperidine rings is 1. The van der Waals surface area contributed by atoms with Crippen molar-refractivity contribution in [3.8, 4) is 0 Å². The summed E-state index contributed by atoms with van der Waals surface area (Å²) in [5.74, 6) is 0. The van der Waals surface area contributed by atoms with Gasteiger partial charge >= 0.3 is 0 Å². The fourth-order valence-electron chi connectivity index (χ4n) is 2.84. The number of hydrogen-bond acceptors (Lipinski definition) is 3. The molecule has 0 saturated carbocycles. The highest BCUT2D eigenvalue weighted by Crippen LogP contribution is 2.09. The number of unbranched alkanes of at least 4 members (excludes halogenated alkanes) is 1. The molecule has 1 aromatic carbocycles. The fourth-order valence-corrected chi connectivity index (χ4v) is 2.84. The minimum absolute atomic E-state index is 0.439. The molecule has 1 aliphatic rings. The molecule has 1 aromatic rings. The molecule has 3 nitrogen and oxygen atoms in total. The van der Waals surface area contributed by atoms with Crippen LogP contribution in [0.5, 0.6) is 0 Å². The third-order valence-electron chi connectivity index (χ3n) is 4.24. The molecule has 21 heavy (non-hydrogen) atoms. The van der Waals surface area contributed by atoms with E-state index in [1.54, 1.807) is 0 Å². The van der Waals surface area contributed by atoms with Crippen LogP contribution in [0.15, 0.2) is 30.3 Å². The van der Waals surface area contributed by atoms with Crippen LogP contribution in [0.3, 0.4) is 0 Å². The van der Waals surface area contributed by atoms with Crippen LogP contribution in [0, 0.1) is 0 Å². The number of nitrogens with zero attached hydrogens (tertiary/aromatic N) is 1. The molecule has 0 amide bonds. The second kappa shape index (κ2) is 9.93. The Morgan fingerprint density at radius 3 is 2.48 bits per heavy atom. The van der Waals surface area contributed by atoms with Crippen molar-refractivity contribution < 1.29 is 4.74 Å². The predicted molar refractivity (Wildman–Crippen MR) is 88.5 cm³/mol. The zero-order chi connectivity index (χ0) is 14.8. The Morgan fingerprint density at radius 2 is 1.71 bits per heavy atom. The van der Waals surface area contributed by atoms with Gasteiger partial charge in [-0.15, -0.1) is 0 Å². The van der Waals surface area contributed by atoms with Gasteiger partial charge in [0.1, 0.15) is 0 Å². The Bertz CT molecular complexity index is 361. The van der Waals surface area contributed by atoms with Crippen molar-refractivity contribution in [2.24, 2.45) is 5.73 Å². The van der Waals surface area contributed by atoms with Crippen molar-refractivity contribution in [2.45, 2.75) is 44.6 Å². The molecule has 1 saturated heterocycles. The van der Waals surface area contributed by atoms with Gasteiger partial charge in [-0.1, -0.05) is 30.3 Å². The molecule has 1 fully saturated rings. The van der Waals surface area contributed by atoms with Crippen LogP contribution < -0.4 is 5.73 Å². The quantitative estimate of drug-likeness (QED) is 0.711. The number of rotatable bonds is 9. The zero-order valence-corrected chi connectivity index (χ0v) is 13.2. The summed E-state index contributed by atoms with van der Waals surface area (Å²) in [5, 5.41) is 0. The maximum atomic E-state index is 5.92. The number of benzene rings is 1. The monoisotopic (exact) mass is 290 g/mol. The molecular weight excluding hydrogens is 260 g/mol. The van der Waals surface area contributed by atoms with Gasteiger partial charge in [-0.3, -0.25) is 0 Å². The smallest absolute Gasteiger partial charge is 0.0469 e. The first-order valence-electron chi connectivity index (χ1n) is 8.44. The molecule has 0 spiro atoms. The van der Waals surface area contributed by atoms with Crippen molar-refractivity contribution in [3.05, 3.63) is 35.9 Å². The predicted octanol–water partition coefficient (Wildman–Crippen LogP) is 2.84. The standard InChI is InChI=1S/C18H30N2O/c19-18-10-13-20(14-11-18)12-4-5-15-21-16-6-9-17-7-2-1-3-8-17/h1-3,7-8,18H,4-6,9-16,19H2. The highest BCUT2D eigenvalue weighted by Gasteiger charge is 2.14. The summed E-state index contributed by atoms with van der Waals surface area (Å²) in [6, 6.07) is 11.1. The summed E-state index contributed by atoms with van der Waals surface area (Å²) < 4.78 is 5.72. The van der Waals surface area contributed by atoms with E-state index in [9.17, 15) is 0 Å². The van der Waals surface area contributed by atoms with Crippen LogP contribution in [-0.2, 0) is 11.2 Å². The summed E-state index contributed by atoms with van der Waals surface area (Å²) in [5.41, 5.74) is 7.32. The van der Waals surface area contributed by atoms with Crippen LogP contribution in [0.4, 0.5) is 0 Å². The third kappa shape index (κ3) is 7.07. The van der Waals surface area contributed by atoms with E-state index in [2.05, 4.69) is 35.2 Å². The highest BCUT2D eigenvalue weighted by molar-refractivity contribution is 5.14. The van der Waals surface area contributed by atoms with Gasteiger partial charge < -0.3 is 15.4 Å². The second-order valence-corrected chi connectivity index (χ2v) is 6.09. The molecule has 2 rings (SSSR count). The van der Waals surface area contributed by atoms with E-state index in [0.29, 0.717) is 6.04 Å². The first-order valence-corrected chi connectivity index (χ1v) is 8.44. The lowest BCUT2D eigenvalue weighted by Crippen LogP contribution is -2.40. The Morgan fingerprint density at radius 1 is 1.00 bits per heavy atom. The lowest BCUT2D eigenvalue weighted by atomic mass is 10.1. The van der Waals surface area contributed by atoms with Gasteiger partial charge in [0.25, 0.3) is 0 Å². The normalized spacial score (nSPS) is 17.2. The molecule has 3 heteroatoms. The second-order valence-electron chi connectivity index (χ2n) is 6.09. The van der Waals surface area contributed by atoms with Crippen LogP contribution in [0.2, 0.25) is 0 Å². The van der Waals surface area contributed by atoms with E-state index in [-0.39, 0.29) is 0 Å². The topological polar surface area (TPSA) is 38.5 Å². The molecule has 0 aromatic heterocycles. The van der Waals surface area contributed by atoms with Crippen molar-refractivity contribution >= 4 is 0 Å². The minimum atomic E-state index is 0.439. The maximum Gasteiger partial charge on any atom is 0.0469 e. The molecule has 1 aliphatic heterocycles. The van der Waals surface area contributed by atoms with Crippen LogP contribution in [0.25, 0.3) is 0 Å². The Balaban J connectivity index is 1.39. The molecule has 0 atom stereocenters. The van der Waals surface area contributed by atoms with Gasteiger partial charge in [0.05, 0.1) is 0 Å². The molecule has 118 valence electrons. The number of aryl methyl sites for hydroxylation is 1. The molecule has 0 bridgehead atoms. The molecule has 2 N–H and O–H groups in total. The number of hydrogen-bond donors (Lipinski definition) is 1.